The summed E-state index contributed by atoms with van der Waals surface area (Å²) in [5.74, 6) is 0.886. The first-order valence-electron chi connectivity index (χ1n) is 6.49. The molecule has 3 nitrogen and oxygen atoms in total. The van der Waals surface area contributed by atoms with E-state index in [2.05, 4.69) is 24.1 Å². The minimum Gasteiger partial charge on any atom is -0.379 e. The monoisotopic (exact) mass is 228 g/mol. The summed E-state index contributed by atoms with van der Waals surface area (Å²) >= 11 is 0. The van der Waals surface area contributed by atoms with E-state index in [1.807, 2.05) is 7.05 Å². The second-order valence-corrected chi connectivity index (χ2v) is 5.56. The van der Waals surface area contributed by atoms with Crippen molar-refractivity contribution < 1.29 is 4.74 Å². The first kappa shape index (κ1) is 13.9. The molecule has 1 heterocycles. The summed E-state index contributed by atoms with van der Waals surface area (Å²) in [5, 5.41) is 3.28. The van der Waals surface area contributed by atoms with Crippen molar-refractivity contribution in [2.45, 2.75) is 38.7 Å². The highest BCUT2D eigenvalue weighted by Crippen LogP contribution is 2.19. The van der Waals surface area contributed by atoms with Crippen molar-refractivity contribution in [1.82, 2.24) is 10.2 Å². The lowest BCUT2D eigenvalue weighted by atomic mass is 9.96. The predicted octanol–water partition coefficient (Wildman–Crippen LogP) is 1.73. The first-order valence-corrected chi connectivity index (χ1v) is 6.49. The largest absolute Gasteiger partial charge is 0.379 e. The summed E-state index contributed by atoms with van der Waals surface area (Å²) in [7, 11) is 3.85. The Kier molecular flexibility index (Phi) is 5.73. The SMILES string of the molecule is CNCC1CCN(CCC(C)(C)OC)CC1. The van der Waals surface area contributed by atoms with Crippen LogP contribution in [0.3, 0.4) is 0 Å². The van der Waals surface area contributed by atoms with Gasteiger partial charge in [0.15, 0.2) is 0 Å². The fourth-order valence-electron chi connectivity index (χ4n) is 2.23. The van der Waals surface area contributed by atoms with Crippen LogP contribution in [0.25, 0.3) is 0 Å². The lowest BCUT2D eigenvalue weighted by Gasteiger charge is -2.34. The molecule has 0 spiro atoms. The van der Waals surface area contributed by atoms with E-state index in [1.54, 1.807) is 7.11 Å². The third kappa shape index (κ3) is 4.81. The van der Waals surface area contributed by atoms with Gasteiger partial charge in [0.05, 0.1) is 5.60 Å². The molecule has 3 heteroatoms. The molecule has 0 aliphatic carbocycles. The van der Waals surface area contributed by atoms with Crippen LogP contribution in [0.5, 0.6) is 0 Å². The molecular weight excluding hydrogens is 200 g/mol. The molecule has 96 valence electrons. The third-order valence-electron chi connectivity index (χ3n) is 3.78. The van der Waals surface area contributed by atoms with Crippen LogP contribution < -0.4 is 5.32 Å². The Hall–Kier alpha value is -0.120. The Balaban J connectivity index is 2.17. The average molecular weight is 228 g/mol. The van der Waals surface area contributed by atoms with Crippen molar-refractivity contribution in [2.75, 3.05) is 40.3 Å². The van der Waals surface area contributed by atoms with Crippen LogP contribution in [0.1, 0.15) is 33.1 Å². The quantitative estimate of drug-likeness (QED) is 0.749. The average Bonchev–Trinajstić information content (AvgIpc) is 2.29. The smallest absolute Gasteiger partial charge is 0.0634 e. The molecule has 1 fully saturated rings. The number of nitrogens with one attached hydrogen (secondary N) is 1. The number of likely N-dealkylation sites (tertiary alicyclic amines) is 1. The summed E-state index contributed by atoms with van der Waals surface area (Å²) in [6.07, 6.45) is 3.81. The summed E-state index contributed by atoms with van der Waals surface area (Å²) < 4.78 is 5.45. The van der Waals surface area contributed by atoms with Gasteiger partial charge < -0.3 is 15.0 Å². The number of ether oxygens (including phenoxy) is 1. The molecule has 0 radical (unpaired) electrons. The molecule has 0 saturated carbocycles. The zero-order valence-electron chi connectivity index (χ0n) is 11.4. The van der Waals surface area contributed by atoms with E-state index in [1.165, 1.54) is 39.0 Å². The number of hydrogen-bond acceptors (Lipinski definition) is 3. The van der Waals surface area contributed by atoms with Crippen molar-refractivity contribution in [3.63, 3.8) is 0 Å². The molecule has 1 rings (SSSR count). The second-order valence-electron chi connectivity index (χ2n) is 5.56. The van der Waals surface area contributed by atoms with E-state index in [9.17, 15) is 0 Å². The zero-order valence-corrected chi connectivity index (χ0v) is 11.4. The van der Waals surface area contributed by atoms with Crippen LogP contribution in [0.4, 0.5) is 0 Å². The molecule has 0 aromatic carbocycles. The topological polar surface area (TPSA) is 24.5 Å². The van der Waals surface area contributed by atoms with Crippen molar-refractivity contribution >= 4 is 0 Å². The van der Waals surface area contributed by atoms with E-state index >= 15 is 0 Å². The molecular formula is C13H28N2O. The molecule has 0 aromatic rings. The number of hydrogen-bond donors (Lipinski definition) is 1. The molecule has 1 aliphatic heterocycles. The molecule has 0 unspecified atom stereocenters. The van der Waals surface area contributed by atoms with E-state index in [-0.39, 0.29) is 5.60 Å². The Morgan fingerprint density at radius 2 is 1.94 bits per heavy atom. The first-order chi connectivity index (χ1) is 7.57. The minimum atomic E-state index is 0.0296. The molecule has 1 N–H and O–H groups in total. The maximum absolute atomic E-state index is 5.45. The van der Waals surface area contributed by atoms with Gasteiger partial charge in [-0.3, -0.25) is 0 Å². The molecule has 0 bridgehead atoms. The molecule has 0 aromatic heterocycles. The van der Waals surface area contributed by atoms with Gasteiger partial charge in [0.2, 0.25) is 0 Å². The fraction of sp³-hybridized carbons (Fsp3) is 1.00. The highest BCUT2D eigenvalue weighted by molar-refractivity contribution is 4.76. The van der Waals surface area contributed by atoms with Crippen molar-refractivity contribution in [3.8, 4) is 0 Å². The summed E-state index contributed by atoms with van der Waals surface area (Å²) in [6, 6.07) is 0. The van der Waals surface area contributed by atoms with Crippen molar-refractivity contribution in [1.29, 1.82) is 0 Å². The Morgan fingerprint density at radius 1 is 1.31 bits per heavy atom. The molecule has 1 saturated heterocycles. The number of rotatable bonds is 6. The maximum Gasteiger partial charge on any atom is 0.0634 e. The number of methoxy groups -OCH3 is 1. The van der Waals surface area contributed by atoms with Crippen LogP contribution in [-0.4, -0.2) is 50.8 Å². The highest BCUT2D eigenvalue weighted by atomic mass is 16.5. The van der Waals surface area contributed by atoms with Gasteiger partial charge in [-0.25, -0.2) is 0 Å². The van der Waals surface area contributed by atoms with Crippen LogP contribution in [0.2, 0.25) is 0 Å². The highest BCUT2D eigenvalue weighted by Gasteiger charge is 2.21. The van der Waals surface area contributed by atoms with Crippen LogP contribution >= 0.6 is 0 Å². The summed E-state index contributed by atoms with van der Waals surface area (Å²) in [5.41, 5.74) is 0.0296. The second kappa shape index (κ2) is 6.58. The number of piperidine rings is 1. The van der Waals surface area contributed by atoms with Gasteiger partial charge in [0.25, 0.3) is 0 Å². The third-order valence-corrected chi connectivity index (χ3v) is 3.78. The van der Waals surface area contributed by atoms with Gasteiger partial charge in [0.1, 0.15) is 0 Å². The zero-order chi connectivity index (χ0) is 12.0. The lowest BCUT2D eigenvalue weighted by molar-refractivity contribution is 0.00492. The Labute approximate surface area is 101 Å². The Morgan fingerprint density at radius 3 is 2.44 bits per heavy atom. The maximum atomic E-state index is 5.45. The van der Waals surface area contributed by atoms with Crippen molar-refractivity contribution in [2.24, 2.45) is 5.92 Å². The molecule has 0 amide bonds. The Bertz CT molecular complexity index is 186. The van der Waals surface area contributed by atoms with Gasteiger partial charge in [-0.15, -0.1) is 0 Å². The molecule has 0 atom stereocenters. The minimum absolute atomic E-state index is 0.0296. The van der Waals surface area contributed by atoms with Gasteiger partial charge in [-0.1, -0.05) is 0 Å². The normalized spacial score (nSPS) is 20.2. The molecule has 16 heavy (non-hydrogen) atoms. The van der Waals surface area contributed by atoms with Gasteiger partial charge in [0, 0.05) is 13.7 Å². The van der Waals surface area contributed by atoms with Gasteiger partial charge in [-0.2, -0.15) is 0 Å². The predicted molar refractivity (Wildman–Crippen MR) is 68.8 cm³/mol. The van der Waals surface area contributed by atoms with Gasteiger partial charge >= 0.3 is 0 Å². The van der Waals surface area contributed by atoms with E-state index in [0.29, 0.717) is 0 Å². The fourth-order valence-corrected chi connectivity index (χ4v) is 2.23. The van der Waals surface area contributed by atoms with E-state index < -0.39 is 0 Å². The van der Waals surface area contributed by atoms with E-state index in [4.69, 9.17) is 4.74 Å². The van der Waals surface area contributed by atoms with E-state index in [0.717, 1.165) is 12.3 Å². The van der Waals surface area contributed by atoms with Crippen LogP contribution in [0.15, 0.2) is 0 Å². The van der Waals surface area contributed by atoms with Gasteiger partial charge in [-0.05, 0) is 65.7 Å². The number of nitrogens with zero attached hydrogens (tertiary/aromatic N) is 1. The summed E-state index contributed by atoms with van der Waals surface area (Å²) in [6.45, 7) is 9.20. The molecule has 1 aliphatic rings. The van der Waals surface area contributed by atoms with Crippen molar-refractivity contribution in [3.05, 3.63) is 0 Å². The van der Waals surface area contributed by atoms with Crippen LogP contribution in [-0.2, 0) is 4.74 Å². The lowest BCUT2D eigenvalue weighted by Crippen LogP contribution is -2.39. The van der Waals surface area contributed by atoms with Crippen LogP contribution in [0, 0.1) is 5.92 Å². The standard InChI is InChI=1S/C13H28N2O/c1-13(2,16-4)7-10-15-8-5-12(6-9-15)11-14-3/h12,14H,5-11H2,1-4H3. The summed E-state index contributed by atoms with van der Waals surface area (Å²) in [4.78, 5) is 2.58.